The summed E-state index contributed by atoms with van der Waals surface area (Å²) < 4.78 is 0. The highest BCUT2D eigenvalue weighted by atomic mass is 16.3. The number of hydrogen-bond acceptors (Lipinski definition) is 2. The maximum atomic E-state index is 8.89. The fourth-order valence-electron chi connectivity index (χ4n) is 1.66. The molecule has 0 aliphatic rings. The van der Waals surface area contributed by atoms with Crippen LogP contribution in [0.1, 0.15) is 29.2 Å². The molecule has 4 nitrogen and oxygen atoms in total. The third-order valence-corrected chi connectivity index (χ3v) is 2.38. The van der Waals surface area contributed by atoms with Crippen molar-refractivity contribution in [2.45, 2.75) is 26.3 Å². The van der Waals surface area contributed by atoms with Crippen molar-refractivity contribution in [2.75, 3.05) is 6.61 Å². The molecule has 1 atom stereocenters. The van der Waals surface area contributed by atoms with Crippen LogP contribution in [0.2, 0.25) is 0 Å². The molecule has 0 radical (unpaired) electrons. The number of rotatable bonds is 4. The number of azide groups is 1. The first-order valence-electron chi connectivity index (χ1n) is 4.91. The first kappa shape index (κ1) is 11.6. The van der Waals surface area contributed by atoms with Gasteiger partial charge in [0.2, 0.25) is 0 Å². The Bertz CT molecular complexity index is 383. The maximum absolute atomic E-state index is 8.89. The number of aryl methyl sites for hydroxylation is 2. The Balaban J connectivity index is 3.05. The molecule has 1 aromatic carbocycles. The van der Waals surface area contributed by atoms with E-state index in [0.29, 0.717) is 6.42 Å². The Hall–Kier alpha value is -1.51. The minimum atomic E-state index is -0.263. The summed E-state index contributed by atoms with van der Waals surface area (Å²) in [5.41, 5.74) is 11.7. The second kappa shape index (κ2) is 5.39. The third kappa shape index (κ3) is 2.98. The van der Waals surface area contributed by atoms with Crippen LogP contribution < -0.4 is 0 Å². The molecule has 1 aromatic rings. The largest absolute Gasteiger partial charge is 0.396 e. The lowest BCUT2D eigenvalue weighted by molar-refractivity contribution is 0.276. The van der Waals surface area contributed by atoms with Gasteiger partial charge < -0.3 is 5.11 Å². The molecule has 0 aromatic heterocycles. The molecule has 0 amide bonds. The van der Waals surface area contributed by atoms with Gasteiger partial charge in [0.15, 0.2) is 0 Å². The van der Waals surface area contributed by atoms with E-state index in [1.54, 1.807) is 0 Å². The minimum absolute atomic E-state index is 0.0248. The van der Waals surface area contributed by atoms with Crippen LogP contribution in [-0.2, 0) is 0 Å². The molecule has 1 rings (SSSR count). The molecule has 0 aliphatic carbocycles. The summed E-state index contributed by atoms with van der Waals surface area (Å²) in [5, 5.41) is 12.6. The molecule has 0 saturated carbocycles. The summed E-state index contributed by atoms with van der Waals surface area (Å²) in [6.45, 7) is 4.03. The summed E-state index contributed by atoms with van der Waals surface area (Å²) in [6.07, 6.45) is 0.466. The normalized spacial score (nSPS) is 11.9. The minimum Gasteiger partial charge on any atom is -0.396 e. The van der Waals surface area contributed by atoms with Crippen LogP contribution in [0.5, 0.6) is 0 Å². The van der Waals surface area contributed by atoms with Crippen molar-refractivity contribution < 1.29 is 5.11 Å². The zero-order valence-electron chi connectivity index (χ0n) is 9.01. The predicted molar refractivity (Wildman–Crippen MR) is 59.5 cm³/mol. The molecular formula is C11H15N3O. The SMILES string of the molecule is Cc1ccc(C(CCO)N=[N+]=[N-])c(C)c1. The lowest BCUT2D eigenvalue weighted by atomic mass is 9.98. The van der Waals surface area contributed by atoms with Crippen LogP contribution in [0, 0.1) is 13.8 Å². The molecule has 0 heterocycles. The van der Waals surface area contributed by atoms with E-state index in [9.17, 15) is 0 Å². The zero-order valence-corrected chi connectivity index (χ0v) is 9.01. The fraction of sp³-hybridized carbons (Fsp3) is 0.455. The van der Waals surface area contributed by atoms with E-state index < -0.39 is 0 Å². The summed E-state index contributed by atoms with van der Waals surface area (Å²) in [5.74, 6) is 0. The van der Waals surface area contributed by atoms with Crippen molar-refractivity contribution >= 4 is 0 Å². The van der Waals surface area contributed by atoms with Crippen LogP contribution >= 0.6 is 0 Å². The van der Waals surface area contributed by atoms with Gasteiger partial charge >= 0.3 is 0 Å². The Morgan fingerprint density at radius 3 is 2.73 bits per heavy atom. The van der Waals surface area contributed by atoms with Gasteiger partial charge in [0, 0.05) is 11.5 Å². The molecule has 4 heteroatoms. The van der Waals surface area contributed by atoms with Crippen molar-refractivity contribution in [1.29, 1.82) is 0 Å². The maximum Gasteiger partial charge on any atom is 0.0649 e. The van der Waals surface area contributed by atoms with Crippen LogP contribution in [0.4, 0.5) is 0 Å². The fourth-order valence-corrected chi connectivity index (χ4v) is 1.66. The van der Waals surface area contributed by atoms with Crippen LogP contribution in [0.25, 0.3) is 10.4 Å². The molecule has 0 bridgehead atoms. The predicted octanol–water partition coefficient (Wildman–Crippen LogP) is 3.04. The lowest BCUT2D eigenvalue weighted by Crippen LogP contribution is -2.00. The molecule has 1 unspecified atom stereocenters. The van der Waals surface area contributed by atoms with Crippen LogP contribution in [0.3, 0.4) is 0 Å². The topological polar surface area (TPSA) is 69.0 Å². The van der Waals surface area contributed by atoms with E-state index in [1.165, 1.54) is 5.56 Å². The summed E-state index contributed by atoms with van der Waals surface area (Å²) in [4.78, 5) is 2.81. The number of hydrogen-bond donors (Lipinski definition) is 1. The standard InChI is InChI=1S/C11H15N3O/c1-8-3-4-10(9(2)7-8)11(5-6-15)13-14-12/h3-4,7,11,15H,5-6H2,1-2H3. The molecule has 1 N–H and O–H groups in total. The highest BCUT2D eigenvalue weighted by Gasteiger charge is 2.11. The van der Waals surface area contributed by atoms with E-state index in [1.807, 2.05) is 32.0 Å². The van der Waals surface area contributed by atoms with Crippen molar-refractivity contribution in [2.24, 2.45) is 5.11 Å². The van der Waals surface area contributed by atoms with Gasteiger partial charge in [-0.3, -0.25) is 0 Å². The Morgan fingerprint density at radius 1 is 1.47 bits per heavy atom. The number of benzene rings is 1. The Morgan fingerprint density at radius 2 is 2.20 bits per heavy atom. The molecular weight excluding hydrogens is 190 g/mol. The van der Waals surface area contributed by atoms with E-state index in [4.69, 9.17) is 10.6 Å². The summed E-state index contributed by atoms with van der Waals surface area (Å²) in [6, 6.07) is 5.73. The zero-order chi connectivity index (χ0) is 11.3. The Labute approximate surface area is 89.2 Å². The summed E-state index contributed by atoms with van der Waals surface area (Å²) >= 11 is 0. The van der Waals surface area contributed by atoms with E-state index in [-0.39, 0.29) is 12.6 Å². The number of nitrogens with zero attached hydrogens (tertiary/aromatic N) is 3. The van der Waals surface area contributed by atoms with Gasteiger partial charge in [-0.15, -0.1) is 0 Å². The first-order valence-corrected chi connectivity index (χ1v) is 4.91. The van der Waals surface area contributed by atoms with Gasteiger partial charge in [-0.2, -0.15) is 0 Å². The quantitative estimate of drug-likeness (QED) is 0.458. The van der Waals surface area contributed by atoms with E-state index in [0.717, 1.165) is 11.1 Å². The second-order valence-electron chi connectivity index (χ2n) is 3.59. The Kier molecular flexibility index (Phi) is 4.16. The molecule has 15 heavy (non-hydrogen) atoms. The van der Waals surface area contributed by atoms with Gasteiger partial charge in [-0.25, -0.2) is 0 Å². The second-order valence-corrected chi connectivity index (χ2v) is 3.59. The van der Waals surface area contributed by atoms with Crippen molar-refractivity contribution in [3.05, 3.63) is 45.3 Å². The molecule has 0 aliphatic heterocycles. The molecule has 80 valence electrons. The highest BCUT2D eigenvalue weighted by Crippen LogP contribution is 2.25. The smallest absolute Gasteiger partial charge is 0.0649 e. The van der Waals surface area contributed by atoms with Gasteiger partial charge in [0.1, 0.15) is 0 Å². The van der Waals surface area contributed by atoms with Crippen molar-refractivity contribution in [1.82, 2.24) is 0 Å². The van der Waals surface area contributed by atoms with Gasteiger partial charge in [-0.1, -0.05) is 28.9 Å². The van der Waals surface area contributed by atoms with Crippen molar-refractivity contribution in [3.8, 4) is 0 Å². The third-order valence-electron chi connectivity index (χ3n) is 2.38. The lowest BCUT2D eigenvalue weighted by Gasteiger charge is -2.13. The average Bonchev–Trinajstić information content (AvgIpc) is 2.17. The number of aliphatic hydroxyl groups is 1. The number of aliphatic hydroxyl groups excluding tert-OH is 1. The first-order chi connectivity index (χ1) is 7.19. The van der Waals surface area contributed by atoms with Gasteiger partial charge in [0.05, 0.1) is 6.04 Å². The molecule has 0 spiro atoms. The highest BCUT2D eigenvalue weighted by molar-refractivity contribution is 5.32. The van der Waals surface area contributed by atoms with Gasteiger partial charge in [-0.05, 0) is 36.9 Å². The van der Waals surface area contributed by atoms with Crippen LogP contribution in [0.15, 0.2) is 23.3 Å². The van der Waals surface area contributed by atoms with E-state index >= 15 is 0 Å². The average molecular weight is 205 g/mol. The summed E-state index contributed by atoms with van der Waals surface area (Å²) in [7, 11) is 0. The van der Waals surface area contributed by atoms with Crippen LogP contribution in [-0.4, -0.2) is 11.7 Å². The molecule has 0 fully saturated rings. The monoisotopic (exact) mass is 205 g/mol. The van der Waals surface area contributed by atoms with Gasteiger partial charge in [0.25, 0.3) is 0 Å². The molecule has 0 saturated heterocycles. The van der Waals surface area contributed by atoms with Crippen molar-refractivity contribution in [3.63, 3.8) is 0 Å². The van der Waals surface area contributed by atoms with E-state index in [2.05, 4.69) is 10.0 Å².